The van der Waals surface area contributed by atoms with E-state index in [2.05, 4.69) is 228 Å². The Morgan fingerprint density at radius 3 is 1.67 bits per heavy atom. The third-order valence-electron chi connectivity index (χ3n) is 12.2. The lowest BCUT2D eigenvalue weighted by Crippen LogP contribution is -2.28. The van der Waals surface area contributed by atoms with Gasteiger partial charge < -0.3 is 13.9 Å². The Morgan fingerprint density at radius 2 is 0.931 bits per heavy atom. The molecule has 0 amide bonds. The number of rotatable bonds is 6. The van der Waals surface area contributed by atoms with Gasteiger partial charge in [-0.1, -0.05) is 152 Å². The van der Waals surface area contributed by atoms with Crippen LogP contribution in [-0.4, -0.2) is 4.57 Å². The summed E-state index contributed by atoms with van der Waals surface area (Å²) in [5, 5.41) is 4.61. The number of fused-ring (bicyclic) bond motifs is 9. The zero-order valence-electron chi connectivity index (χ0n) is 31.6. The highest BCUT2D eigenvalue weighted by atomic mass is 16.3. The second-order valence-electron chi connectivity index (χ2n) is 15.2. The number of anilines is 3. The molecule has 0 bridgehead atoms. The molecule has 1 aliphatic rings. The van der Waals surface area contributed by atoms with Crippen LogP contribution in [0.15, 0.2) is 223 Å². The van der Waals surface area contributed by atoms with Crippen LogP contribution in [0, 0.1) is 0 Å². The van der Waals surface area contributed by atoms with Gasteiger partial charge in [0.2, 0.25) is 0 Å². The van der Waals surface area contributed by atoms with Gasteiger partial charge in [0.1, 0.15) is 11.2 Å². The Kier molecular flexibility index (Phi) is 7.14. The van der Waals surface area contributed by atoms with Gasteiger partial charge in [0.05, 0.1) is 16.4 Å². The lowest BCUT2D eigenvalue weighted by atomic mass is 9.67. The van der Waals surface area contributed by atoms with Crippen molar-refractivity contribution in [2.75, 3.05) is 4.90 Å². The maximum Gasteiger partial charge on any atom is 0.140 e. The molecule has 1 aliphatic carbocycles. The van der Waals surface area contributed by atoms with Crippen LogP contribution < -0.4 is 4.90 Å². The zero-order valence-corrected chi connectivity index (χ0v) is 31.6. The van der Waals surface area contributed by atoms with E-state index in [1.807, 2.05) is 0 Å². The van der Waals surface area contributed by atoms with E-state index < -0.39 is 5.41 Å². The lowest BCUT2D eigenvalue weighted by Gasteiger charge is -2.33. The number of para-hydroxylation sites is 4. The van der Waals surface area contributed by atoms with Crippen LogP contribution in [-0.2, 0) is 5.41 Å². The Morgan fingerprint density at radius 1 is 0.379 bits per heavy atom. The number of aromatic nitrogens is 1. The molecule has 0 unspecified atom stereocenters. The van der Waals surface area contributed by atoms with E-state index in [4.69, 9.17) is 4.42 Å². The standard InChI is InChI=1S/C55H36N2O/c1-4-17-37(18-5-1)55(48-27-13-10-23-42(48)43-24-11-14-28-49(43)55)50-29-16-26-45-47-36-41(32-34-53(47)58-54(45)50)56(38-19-6-2-7-20-38)40-31-33-52-46(35-40)44-25-12-15-30-51(44)57(52)39-21-8-3-9-22-39/h1-36H. The van der Waals surface area contributed by atoms with E-state index in [0.717, 1.165) is 50.3 Å². The predicted molar refractivity (Wildman–Crippen MR) is 240 cm³/mol. The first-order chi connectivity index (χ1) is 28.8. The molecule has 0 saturated heterocycles. The van der Waals surface area contributed by atoms with Gasteiger partial charge in [0.25, 0.3) is 0 Å². The molecule has 0 fully saturated rings. The van der Waals surface area contributed by atoms with Gasteiger partial charge >= 0.3 is 0 Å². The van der Waals surface area contributed by atoms with Gasteiger partial charge in [-0.2, -0.15) is 0 Å². The normalized spacial score (nSPS) is 13.0. The maximum absolute atomic E-state index is 7.05. The quantitative estimate of drug-likeness (QED) is 0.169. The van der Waals surface area contributed by atoms with Crippen molar-refractivity contribution in [1.29, 1.82) is 0 Å². The summed E-state index contributed by atoms with van der Waals surface area (Å²) in [6, 6.07) is 78.9. The third kappa shape index (κ3) is 4.62. The summed E-state index contributed by atoms with van der Waals surface area (Å²) in [5.74, 6) is 0. The van der Waals surface area contributed by atoms with Crippen molar-refractivity contribution < 1.29 is 4.42 Å². The van der Waals surface area contributed by atoms with Crippen LogP contribution in [0.5, 0.6) is 0 Å². The Hall–Kier alpha value is -7.62. The number of benzene rings is 9. The van der Waals surface area contributed by atoms with Crippen molar-refractivity contribution in [2.24, 2.45) is 0 Å². The van der Waals surface area contributed by atoms with Gasteiger partial charge in [-0.3, -0.25) is 0 Å². The van der Waals surface area contributed by atoms with Crippen molar-refractivity contribution >= 4 is 60.8 Å². The van der Waals surface area contributed by atoms with Gasteiger partial charge in [0, 0.05) is 49.9 Å². The van der Waals surface area contributed by atoms with Crippen LogP contribution in [0.3, 0.4) is 0 Å². The highest BCUT2D eigenvalue weighted by molar-refractivity contribution is 6.12. The first-order valence-electron chi connectivity index (χ1n) is 19.9. The van der Waals surface area contributed by atoms with E-state index in [1.165, 1.54) is 49.6 Å². The molecule has 12 rings (SSSR count). The highest BCUT2D eigenvalue weighted by Crippen LogP contribution is 2.57. The lowest BCUT2D eigenvalue weighted by molar-refractivity contribution is 0.648. The van der Waals surface area contributed by atoms with Gasteiger partial charge in [0.15, 0.2) is 0 Å². The SMILES string of the molecule is c1ccc(N(c2ccc3oc4c(C5(c6ccccc6)c6ccccc6-c6ccccc65)cccc4c3c2)c2ccc3c(c2)c2ccccc2n3-c2ccccc2)cc1. The molecule has 0 aliphatic heterocycles. The molecule has 0 saturated carbocycles. The molecule has 0 N–H and O–H groups in total. The summed E-state index contributed by atoms with van der Waals surface area (Å²) in [4.78, 5) is 2.37. The zero-order chi connectivity index (χ0) is 38.2. The Labute approximate surface area is 336 Å². The Balaban J connectivity index is 1.08. The number of hydrogen-bond donors (Lipinski definition) is 0. The second-order valence-corrected chi connectivity index (χ2v) is 15.2. The summed E-state index contributed by atoms with van der Waals surface area (Å²) in [7, 11) is 0. The van der Waals surface area contributed by atoms with Crippen LogP contribution in [0.1, 0.15) is 22.3 Å². The fourth-order valence-electron chi connectivity index (χ4n) is 9.88. The first-order valence-corrected chi connectivity index (χ1v) is 19.9. The molecule has 58 heavy (non-hydrogen) atoms. The second kappa shape index (κ2) is 12.7. The number of furan rings is 1. The smallest absolute Gasteiger partial charge is 0.140 e. The minimum Gasteiger partial charge on any atom is -0.456 e. The summed E-state index contributed by atoms with van der Waals surface area (Å²) in [6.45, 7) is 0. The van der Waals surface area contributed by atoms with Crippen molar-refractivity contribution in [2.45, 2.75) is 5.41 Å². The summed E-state index contributed by atoms with van der Waals surface area (Å²) in [5.41, 5.74) is 15.4. The molecular weight excluding hydrogens is 705 g/mol. The molecule has 2 heterocycles. The minimum atomic E-state index is -0.560. The van der Waals surface area contributed by atoms with Gasteiger partial charge in [-0.25, -0.2) is 0 Å². The van der Waals surface area contributed by atoms with E-state index in [-0.39, 0.29) is 0 Å². The first kappa shape index (κ1) is 32.6. The molecule has 2 aromatic heterocycles. The molecule has 0 spiro atoms. The fourth-order valence-corrected chi connectivity index (χ4v) is 9.88. The molecular formula is C55H36N2O. The molecule has 9 aromatic carbocycles. The van der Waals surface area contributed by atoms with Gasteiger partial charge in [-0.15, -0.1) is 0 Å². The van der Waals surface area contributed by atoms with Crippen molar-refractivity contribution in [3.05, 3.63) is 241 Å². The van der Waals surface area contributed by atoms with Crippen LogP contribution in [0.25, 0.3) is 60.6 Å². The predicted octanol–water partition coefficient (Wildman–Crippen LogP) is 14.5. The van der Waals surface area contributed by atoms with Crippen molar-refractivity contribution in [3.8, 4) is 16.8 Å². The molecule has 3 nitrogen and oxygen atoms in total. The average Bonchev–Trinajstić information content (AvgIpc) is 3.94. The number of hydrogen-bond acceptors (Lipinski definition) is 2. The van der Waals surface area contributed by atoms with Crippen molar-refractivity contribution in [1.82, 2.24) is 4.57 Å². The van der Waals surface area contributed by atoms with E-state index in [1.54, 1.807) is 0 Å². The van der Waals surface area contributed by atoms with E-state index >= 15 is 0 Å². The number of nitrogens with zero attached hydrogens (tertiary/aromatic N) is 2. The molecule has 3 heteroatoms. The topological polar surface area (TPSA) is 21.3 Å². The highest BCUT2D eigenvalue weighted by Gasteiger charge is 2.47. The van der Waals surface area contributed by atoms with E-state index in [9.17, 15) is 0 Å². The maximum atomic E-state index is 7.05. The molecule has 272 valence electrons. The Bertz CT molecular complexity index is 3300. The largest absolute Gasteiger partial charge is 0.456 e. The summed E-state index contributed by atoms with van der Waals surface area (Å²) < 4.78 is 9.42. The van der Waals surface area contributed by atoms with Gasteiger partial charge in [-0.05, 0) is 94.5 Å². The van der Waals surface area contributed by atoms with E-state index in [0.29, 0.717) is 0 Å². The monoisotopic (exact) mass is 740 g/mol. The molecule has 11 aromatic rings. The fraction of sp³-hybridized carbons (Fsp3) is 0.0182. The average molecular weight is 741 g/mol. The minimum absolute atomic E-state index is 0.560. The summed E-state index contributed by atoms with van der Waals surface area (Å²) >= 11 is 0. The third-order valence-corrected chi connectivity index (χ3v) is 12.2. The van der Waals surface area contributed by atoms with Crippen LogP contribution in [0.4, 0.5) is 17.1 Å². The molecule has 0 atom stereocenters. The molecule has 0 radical (unpaired) electrons. The van der Waals surface area contributed by atoms with Crippen LogP contribution in [0.2, 0.25) is 0 Å². The van der Waals surface area contributed by atoms with Crippen LogP contribution >= 0.6 is 0 Å². The summed E-state index contributed by atoms with van der Waals surface area (Å²) in [6.07, 6.45) is 0. The van der Waals surface area contributed by atoms with Crippen molar-refractivity contribution in [3.63, 3.8) is 0 Å².